The van der Waals surface area contributed by atoms with Gasteiger partial charge in [-0.3, -0.25) is 24.4 Å². The summed E-state index contributed by atoms with van der Waals surface area (Å²) < 4.78 is 29.4. The van der Waals surface area contributed by atoms with E-state index >= 15 is 0 Å². The van der Waals surface area contributed by atoms with Crippen LogP contribution in [0.4, 0.5) is 5.82 Å². The van der Waals surface area contributed by atoms with Gasteiger partial charge in [0.05, 0.1) is 6.54 Å². The number of amides is 3. The molecule has 12 nitrogen and oxygen atoms in total. The van der Waals surface area contributed by atoms with Crippen LogP contribution in [-0.2, 0) is 31.0 Å². The van der Waals surface area contributed by atoms with Crippen LogP contribution in [-0.4, -0.2) is 72.4 Å². The van der Waals surface area contributed by atoms with Crippen molar-refractivity contribution in [2.24, 2.45) is 5.73 Å². The Morgan fingerprint density at radius 3 is 2.59 bits per heavy atom. The van der Waals surface area contributed by atoms with E-state index in [0.717, 1.165) is 9.21 Å². The minimum Gasteiger partial charge on any atom is -0.368 e. The number of carbonyl (C=O) groups is 3. The van der Waals surface area contributed by atoms with E-state index in [-0.39, 0.29) is 31.9 Å². The average Bonchev–Trinajstić information content (AvgIpc) is 3.28. The molecule has 172 valence electrons. The lowest BCUT2D eigenvalue weighted by Crippen LogP contribution is -2.59. The van der Waals surface area contributed by atoms with Crippen molar-refractivity contribution in [1.29, 1.82) is 0 Å². The second-order valence-corrected chi connectivity index (χ2v) is 8.97. The van der Waals surface area contributed by atoms with Gasteiger partial charge >= 0.3 is 0 Å². The highest BCUT2D eigenvalue weighted by Gasteiger charge is 2.37. The first kappa shape index (κ1) is 23.4. The Balaban J connectivity index is 1.94. The van der Waals surface area contributed by atoms with Crippen molar-refractivity contribution in [2.75, 3.05) is 24.5 Å². The molecule has 2 heterocycles. The summed E-state index contributed by atoms with van der Waals surface area (Å²) in [4.78, 5) is 38.2. The average molecular weight is 464 g/mol. The number of nitrogens with one attached hydrogen (secondary N) is 3. The predicted molar refractivity (Wildman–Crippen MR) is 115 cm³/mol. The van der Waals surface area contributed by atoms with E-state index in [9.17, 15) is 22.8 Å². The Morgan fingerprint density at radius 1 is 1.28 bits per heavy atom. The fraction of sp³-hybridized carbons (Fsp3) is 0.368. The van der Waals surface area contributed by atoms with Crippen LogP contribution in [0, 0.1) is 0 Å². The van der Waals surface area contributed by atoms with Gasteiger partial charge in [0, 0.05) is 25.4 Å². The van der Waals surface area contributed by atoms with Crippen LogP contribution in [0.25, 0.3) is 0 Å². The number of H-pyrrole nitrogens is 1. The van der Waals surface area contributed by atoms with Crippen LogP contribution in [0.5, 0.6) is 0 Å². The molecule has 2 atom stereocenters. The number of hydrogen-bond acceptors (Lipinski definition) is 6. The van der Waals surface area contributed by atoms with E-state index in [1.807, 2.05) is 0 Å². The predicted octanol–water partition coefficient (Wildman–Crippen LogP) is -1.51. The van der Waals surface area contributed by atoms with Crippen molar-refractivity contribution in [3.05, 3.63) is 48.2 Å². The smallest absolute Gasteiger partial charge is 0.280 e. The standard InChI is InChI=1S/C19H25N7O5S/c1-13(18(20)28)26(16-7-8-22-23-16)19(29)15(11-14-5-3-2-4-6-14)24-32(30,31)25-10-9-21-17(27)12-25/h2-8,13,15,24H,9-12H2,1H3,(H2,20,28)(H,21,27)(H,22,23)/t13-,15-/m0/s1. The molecule has 1 fully saturated rings. The van der Waals surface area contributed by atoms with Crippen molar-refractivity contribution >= 4 is 33.7 Å². The normalized spacial score (nSPS) is 16.7. The quantitative estimate of drug-likeness (QED) is 0.352. The maximum Gasteiger partial charge on any atom is 0.280 e. The Kier molecular flexibility index (Phi) is 7.22. The Morgan fingerprint density at radius 2 is 2.00 bits per heavy atom. The number of aromatic nitrogens is 2. The van der Waals surface area contributed by atoms with Crippen LogP contribution < -0.4 is 20.7 Å². The number of aromatic amines is 1. The zero-order valence-corrected chi connectivity index (χ0v) is 18.2. The maximum atomic E-state index is 13.6. The molecule has 32 heavy (non-hydrogen) atoms. The van der Waals surface area contributed by atoms with Gasteiger partial charge in [-0.15, -0.1) is 0 Å². The SMILES string of the molecule is C[C@@H](C(N)=O)N(C(=O)[C@H](Cc1ccccc1)NS(=O)(=O)N1CCNC(=O)C1)c1cc[nH]n1. The van der Waals surface area contributed by atoms with E-state index in [1.54, 1.807) is 30.3 Å². The number of carbonyl (C=O) groups excluding carboxylic acids is 3. The third-order valence-electron chi connectivity index (χ3n) is 4.98. The van der Waals surface area contributed by atoms with Gasteiger partial charge in [0.1, 0.15) is 12.1 Å². The minimum absolute atomic E-state index is 0.00530. The molecule has 1 saturated heterocycles. The van der Waals surface area contributed by atoms with E-state index in [0.29, 0.717) is 5.56 Å². The molecule has 0 spiro atoms. The number of anilines is 1. The van der Waals surface area contributed by atoms with Crippen LogP contribution >= 0.6 is 0 Å². The van der Waals surface area contributed by atoms with Gasteiger partial charge in [-0.2, -0.15) is 22.5 Å². The second kappa shape index (κ2) is 9.89. The Hall–Kier alpha value is -3.29. The summed E-state index contributed by atoms with van der Waals surface area (Å²) in [5.41, 5.74) is 6.12. The summed E-state index contributed by atoms with van der Waals surface area (Å²) >= 11 is 0. The highest BCUT2D eigenvalue weighted by atomic mass is 32.2. The molecular weight excluding hydrogens is 438 g/mol. The zero-order valence-electron chi connectivity index (χ0n) is 17.4. The molecule has 1 aromatic heterocycles. The molecule has 0 bridgehead atoms. The molecule has 0 radical (unpaired) electrons. The van der Waals surface area contributed by atoms with E-state index in [4.69, 9.17) is 5.73 Å². The first-order valence-electron chi connectivity index (χ1n) is 9.89. The third kappa shape index (κ3) is 5.49. The maximum absolute atomic E-state index is 13.6. The first-order chi connectivity index (χ1) is 15.2. The monoisotopic (exact) mass is 463 g/mol. The summed E-state index contributed by atoms with van der Waals surface area (Å²) in [6, 6.07) is 7.91. The molecule has 0 saturated carbocycles. The third-order valence-corrected chi connectivity index (χ3v) is 6.56. The fourth-order valence-corrected chi connectivity index (χ4v) is 4.60. The Bertz CT molecular complexity index is 1060. The van der Waals surface area contributed by atoms with Crippen LogP contribution in [0.15, 0.2) is 42.6 Å². The molecule has 3 rings (SSSR count). The summed E-state index contributed by atoms with van der Waals surface area (Å²) in [6.07, 6.45) is 1.47. The van der Waals surface area contributed by atoms with Crippen LogP contribution in [0.2, 0.25) is 0 Å². The molecule has 0 aliphatic carbocycles. The van der Waals surface area contributed by atoms with Gasteiger partial charge in [-0.25, -0.2) is 0 Å². The molecule has 1 aliphatic heterocycles. The number of nitrogens with two attached hydrogens (primary N) is 1. The molecule has 1 aliphatic rings. The second-order valence-electron chi connectivity index (χ2n) is 7.27. The van der Waals surface area contributed by atoms with Gasteiger partial charge in [0.15, 0.2) is 5.82 Å². The number of hydrogen-bond donors (Lipinski definition) is 4. The van der Waals surface area contributed by atoms with Gasteiger partial charge in [-0.1, -0.05) is 30.3 Å². The largest absolute Gasteiger partial charge is 0.368 e. The van der Waals surface area contributed by atoms with Crippen molar-refractivity contribution in [2.45, 2.75) is 25.4 Å². The van der Waals surface area contributed by atoms with Gasteiger partial charge in [-0.05, 0) is 18.9 Å². The van der Waals surface area contributed by atoms with E-state index in [2.05, 4.69) is 20.2 Å². The lowest BCUT2D eigenvalue weighted by Gasteiger charge is -2.32. The summed E-state index contributed by atoms with van der Waals surface area (Å²) in [6.45, 7) is 1.30. The van der Waals surface area contributed by atoms with E-state index in [1.165, 1.54) is 19.2 Å². The lowest BCUT2D eigenvalue weighted by atomic mass is 10.0. The summed E-state index contributed by atoms with van der Waals surface area (Å²) in [7, 11) is -4.20. The molecule has 1 aromatic carbocycles. The number of benzene rings is 1. The Labute approximate surface area is 185 Å². The van der Waals surface area contributed by atoms with Crippen molar-refractivity contribution < 1.29 is 22.8 Å². The van der Waals surface area contributed by atoms with Crippen molar-refractivity contribution in [3.8, 4) is 0 Å². The van der Waals surface area contributed by atoms with E-state index < -0.39 is 40.0 Å². The minimum atomic E-state index is -4.20. The summed E-state index contributed by atoms with van der Waals surface area (Å²) in [5, 5.41) is 9.08. The topological polar surface area (TPSA) is 171 Å². The number of rotatable bonds is 9. The van der Waals surface area contributed by atoms with Crippen molar-refractivity contribution in [1.82, 2.24) is 24.5 Å². The summed E-state index contributed by atoms with van der Waals surface area (Å²) in [5.74, 6) is -1.81. The molecule has 13 heteroatoms. The van der Waals surface area contributed by atoms with Crippen LogP contribution in [0.1, 0.15) is 12.5 Å². The molecular formula is C19H25N7O5S. The number of nitrogens with zero attached hydrogens (tertiary/aromatic N) is 3. The fourth-order valence-electron chi connectivity index (χ4n) is 3.29. The first-order valence-corrected chi connectivity index (χ1v) is 11.3. The molecule has 0 unspecified atom stereocenters. The van der Waals surface area contributed by atoms with Crippen LogP contribution in [0.3, 0.4) is 0 Å². The molecule has 2 aromatic rings. The molecule has 3 amide bonds. The lowest BCUT2D eigenvalue weighted by molar-refractivity contribution is -0.125. The molecule has 5 N–H and O–H groups in total. The number of piperazine rings is 1. The van der Waals surface area contributed by atoms with Gasteiger partial charge < -0.3 is 11.1 Å². The zero-order chi connectivity index (χ0) is 23.3. The van der Waals surface area contributed by atoms with Crippen molar-refractivity contribution in [3.63, 3.8) is 0 Å². The highest BCUT2D eigenvalue weighted by molar-refractivity contribution is 7.87. The highest BCUT2D eigenvalue weighted by Crippen LogP contribution is 2.18. The number of primary amides is 1. The van der Waals surface area contributed by atoms with Gasteiger partial charge in [0.2, 0.25) is 17.7 Å². The van der Waals surface area contributed by atoms with Gasteiger partial charge in [0.25, 0.3) is 10.2 Å².